The SMILES string of the molecule is C[C@]12CC[C@H](O[C@H]3CCCCO3)C[C@@H]1CC[C@@H]1[C@@H]2CC[C@]2(C)[C@@H](CI)CC[C@@H]12. The lowest BCUT2D eigenvalue weighted by Crippen LogP contribution is -2.54. The summed E-state index contributed by atoms with van der Waals surface area (Å²) in [5.41, 5.74) is 1.24. The number of ether oxygens (including phenoxy) is 2. The molecule has 28 heavy (non-hydrogen) atoms. The molecule has 0 aromatic heterocycles. The van der Waals surface area contributed by atoms with Gasteiger partial charge in [0.25, 0.3) is 0 Å². The highest BCUT2D eigenvalue weighted by Gasteiger charge is 2.60. The summed E-state index contributed by atoms with van der Waals surface area (Å²) < 4.78 is 13.7. The van der Waals surface area contributed by atoms with E-state index in [1.54, 1.807) is 0 Å². The first kappa shape index (κ1) is 20.5. The maximum atomic E-state index is 6.45. The van der Waals surface area contributed by atoms with Crippen LogP contribution < -0.4 is 0 Å². The molecule has 0 aromatic rings. The van der Waals surface area contributed by atoms with Crippen LogP contribution in [-0.2, 0) is 9.47 Å². The topological polar surface area (TPSA) is 18.5 Å². The van der Waals surface area contributed by atoms with Gasteiger partial charge in [0.2, 0.25) is 0 Å². The van der Waals surface area contributed by atoms with Crippen molar-refractivity contribution in [1.82, 2.24) is 0 Å². The predicted molar refractivity (Wildman–Crippen MR) is 123 cm³/mol. The van der Waals surface area contributed by atoms with Gasteiger partial charge in [0, 0.05) is 11.0 Å². The summed E-state index contributed by atoms with van der Waals surface area (Å²) in [4.78, 5) is 0. The van der Waals surface area contributed by atoms with Gasteiger partial charge in [-0.25, -0.2) is 0 Å². The van der Waals surface area contributed by atoms with Crippen LogP contribution in [0.1, 0.15) is 90.9 Å². The van der Waals surface area contributed by atoms with E-state index in [9.17, 15) is 0 Å². The van der Waals surface area contributed by atoms with Gasteiger partial charge in [-0.1, -0.05) is 36.4 Å². The smallest absolute Gasteiger partial charge is 0.157 e. The van der Waals surface area contributed by atoms with Gasteiger partial charge in [0.05, 0.1) is 6.10 Å². The zero-order valence-electron chi connectivity index (χ0n) is 18.1. The minimum atomic E-state index is 0.0959. The van der Waals surface area contributed by atoms with Gasteiger partial charge in [0.1, 0.15) is 0 Å². The summed E-state index contributed by atoms with van der Waals surface area (Å²) >= 11 is 2.67. The van der Waals surface area contributed by atoms with Crippen LogP contribution in [0.2, 0.25) is 0 Å². The van der Waals surface area contributed by atoms with Crippen LogP contribution in [0.25, 0.3) is 0 Å². The van der Waals surface area contributed by atoms with Crippen molar-refractivity contribution in [2.24, 2.45) is 40.4 Å². The van der Waals surface area contributed by atoms with E-state index < -0.39 is 0 Å². The maximum absolute atomic E-state index is 6.45. The first-order chi connectivity index (χ1) is 13.5. The predicted octanol–water partition coefficient (Wildman–Crippen LogP) is 6.99. The fourth-order valence-electron chi connectivity index (χ4n) is 8.74. The van der Waals surface area contributed by atoms with E-state index in [2.05, 4.69) is 36.4 Å². The van der Waals surface area contributed by atoms with E-state index in [1.807, 2.05) is 0 Å². The first-order valence-corrected chi connectivity index (χ1v) is 13.9. The van der Waals surface area contributed by atoms with Gasteiger partial charge in [-0.3, -0.25) is 0 Å². The van der Waals surface area contributed by atoms with Crippen molar-refractivity contribution in [2.45, 2.75) is 103 Å². The minimum Gasteiger partial charge on any atom is -0.353 e. The molecule has 0 N–H and O–H groups in total. The van der Waals surface area contributed by atoms with Crippen LogP contribution in [0.4, 0.5) is 0 Å². The van der Waals surface area contributed by atoms with Crippen LogP contribution >= 0.6 is 22.6 Å². The van der Waals surface area contributed by atoms with Crippen molar-refractivity contribution in [1.29, 1.82) is 0 Å². The van der Waals surface area contributed by atoms with Crippen molar-refractivity contribution in [2.75, 3.05) is 11.0 Å². The molecule has 0 spiro atoms. The number of fused-ring (bicyclic) bond motifs is 5. The Balaban J connectivity index is 1.27. The molecule has 0 aromatic carbocycles. The molecule has 9 atom stereocenters. The molecule has 0 amide bonds. The first-order valence-electron chi connectivity index (χ1n) is 12.4. The number of rotatable bonds is 3. The minimum absolute atomic E-state index is 0.0959. The Kier molecular flexibility index (Phi) is 5.85. The van der Waals surface area contributed by atoms with Crippen molar-refractivity contribution < 1.29 is 9.47 Å². The van der Waals surface area contributed by atoms with Crippen LogP contribution in [0.3, 0.4) is 0 Å². The molecular weight excluding hydrogens is 459 g/mol. The number of halogens is 1. The van der Waals surface area contributed by atoms with Crippen molar-refractivity contribution in [3.05, 3.63) is 0 Å². The standard InChI is InChI=1S/C25H41IO2/c1-24-12-10-19(28-23-5-3-4-14-27-23)15-17(24)6-8-20-21-9-7-18(16-26)25(21,2)13-11-22(20)24/h17-23H,3-16H2,1-2H3/t17-,18+,19-,20-,21-,22-,23-,24-,25+/m0/s1. The molecule has 5 fully saturated rings. The number of alkyl halides is 1. The highest BCUT2D eigenvalue weighted by atomic mass is 127. The zero-order valence-corrected chi connectivity index (χ0v) is 20.3. The molecular formula is C25H41IO2. The van der Waals surface area contributed by atoms with E-state index in [0.717, 1.165) is 42.6 Å². The molecule has 160 valence electrons. The molecule has 2 nitrogen and oxygen atoms in total. The van der Waals surface area contributed by atoms with Gasteiger partial charge in [0.15, 0.2) is 6.29 Å². The summed E-state index contributed by atoms with van der Waals surface area (Å²) in [5, 5.41) is 0. The van der Waals surface area contributed by atoms with Gasteiger partial charge in [-0.15, -0.1) is 0 Å². The van der Waals surface area contributed by atoms with Gasteiger partial charge >= 0.3 is 0 Å². The average Bonchev–Trinajstić information content (AvgIpc) is 3.05. The highest BCUT2D eigenvalue weighted by Crippen LogP contribution is 2.67. The van der Waals surface area contributed by atoms with Crippen molar-refractivity contribution in [3.8, 4) is 0 Å². The fraction of sp³-hybridized carbons (Fsp3) is 1.00. The number of hydrogen-bond acceptors (Lipinski definition) is 2. The van der Waals surface area contributed by atoms with E-state index >= 15 is 0 Å². The Labute approximate surface area is 186 Å². The molecule has 4 aliphatic carbocycles. The second-order valence-electron chi connectivity index (χ2n) is 11.5. The van der Waals surface area contributed by atoms with E-state index in [4.69, 9.17) is 9.47 Å². The summed E-state index contributed by atoms with van der Waals surface area (Å²) in [6.07, 6.45) is 17.1. The molecule has 0 radical (unpaired) electrons. The van der Waals surface area contributed by atoms with Crippen LogP contribution in [0.5, 0.6) is 0 Å². The third-order valence-electron chi connectivity index (χ3n) is 10.5. The van der Waals surface area contributed by atoms with Gasteiger partial charge in [-0.05, 0) is 117 Å². The summed E-state index contributed by atoms with van der Waals surface area (Å²) in [6, 6.07) is 0. The quantitative estimate of drug-likeness (QED) is 0.236. The Morgan fingerprint density at radius 3 is 2.50 bits per heavy atom. The summed E-state index contributed by atoms with van der Waals surface area (Å²) in [7, 11) is 0. The third-order valence-corrected chi connectivity index (χ3v) is 11.5. The van der Waals surface area contributed by atoms with Crippen LogP contribution in [0, 0.1) is 40.4 Å². The summed E-state index contributed by atoms with van der Waals surface area (Å²) in [5.74, 6) is 4.91. The van der Waals surface area contributed by atoms with Crippen LogP contribution in [-0.4, -0.2) is 23.4 Å². The van der Waals surface area contributed by atoms with Gasteiger partial charge in [-0.2, -0.15) is 0 Å². The normalized spacial score (nSPS) is 53.9. The molecule has 1 saturated heterocycles. The molecule has 0 unspecified atom stereocenters. The fourth-order valence-corrected chi connectivity index (χ4v) is 10.2. The molecule has 0 bridgehead atoms. The van der Waals surface area contributed by atoms with Gasteiger partial charge < -0.3 is 9.47 Å². The van der Waals surface area contributed by atoms with Crippen molar-refractivity contribution >= 4 is 22.6 Å². The third kappa shape index (κ3) is 3.32. The second-order valence-corrected chi connectivity index (χ2v) is 12.3. The maximum Gasteiger partial charge on any atom is 0.157 e. The lowest BCUT2D eigenvalue weighted by atomic mass is 9.45. The highest BCUT2D eigenvalue weighted by molar-refractivity contribution is 14.1. The molecule has 1 heterocycles. The van der Waals surface area contributed by atoms with E-state index in [1.165, 1.54) is 75.1 Å². The lowest BCUT2D eigenvalue weighted by Gasteiger charge is -2.61. The Morgan fingerprint density at radius 2 is 1.71 bits per heavy atom. The zero-order chi connectivity index (χ0) is 19.4. The Bertz CT molecular complexity index is 561. The average molecular weight is 501 g/mol. The molecule has 3 heteroatoms. The lowest BCUT2D eigenvalue weighted by molar-refractivity contribution is -0.212. The Morgan fingerprint density at radius 1 is 0.893 bits per heavy atom. The largest absolute Gasteiger partial charge is 0.353 e. The molecule has 5 aliphatic rings. The van der Waals surface area contributed by atoms with E-state index in [-0.39, 0.29) is 6.29 Å². The van der Waals surface area contributed by atoms with Crippen molar-refractivity contribution in [3.63, 3.8) is 0 Å². The molecule has 4 saturated carbocycles. The number of hydrogen-bond donors (Lipinski definition) is 0. The second kappa shape index (κ2) is 7.97. The summed E-state index contributed by atoms with van der Waals surface area (Å²) in [6.45, 7) is 6.27. The monoisotopic (exact) mass is 500 g/mol. The molecule has 1 aliphatic heterocycles. The Hall–Kier alpha value is 0.650. The van der Waals surface area contributed by atoms with Crippen LogP contribution in [0.15, 0.2) is 0 Å². The van der Waals surface area contributed by atoms with E-state index in [0.29, 0.717) is 16.9 Å². The molecule has 5 rings (SSSR count).